The van der Waals surface area contributed by atoms with Crippen LogP contribution < -0.4 is 10.2 Å². The molecule has 1 fully saturated rings. The predicted molar refractivity (Wildman–Crippen MR) is 122 cm³/mol. The number of amides is 2. The first kappa shape index (κ1) is 21.6. The number of nitrogens with one attached hydrogen (secondary N) is 2. The highest BCUT2D eigenvalue weighted by Crippen LogP contribution is 2.35. The van der Waals surface area contributed by atoms with E-state index in [2.05, 4.69) is 12.2 Å². The van der Waals surface area contributed by atoms with Crippen LogP contribution in [0, 0.1) is 12.8 Å². The lowest BCUT2D eigenvalue weighted by atomic mass is 10.0. The summed E-state index contributed by atoms with van der Waals surface area (Å²) in [6.45, 7) is 9.04. The highest BCUT2D eigenvalue weighted by atomic mass is 16.2. The number of carbonyl (C=O) groups is 2. The number of quaternary nitrogens is 1. The SMILES string of the molecule is Cc1ccc(CN2C(=O)c3ccccc3C2C(=O)NCCC[NH+]2CCCC(C)C2)cc1. The van der Waals surface area contributed by atoms with Crippen molar-refractivity contribution in [3.63, 3.8) is 0 Å². The Labute approximate surface area is 185 Å². The van der Waals surface area contributed by atoms with Gasteiger partial charge in [-0.2, -0.15) is 0 Å². The standard InChI is InChI=1S/C26H33N3O2/c1-19-10-12-21(13-11-19)18-29-24(22-8-3-4-9-23(22)26(29)31)25(30)27-14-6-16-28-15-5-7-20(2)17-28/h3-4,8-13,20,24H,5-7,14-18H2,1-2H3,(H,27,30)/p+1. The lowest BCUT2D eigenvalue weighted by Gasteiger charge is -2.28. The van der Waals surface area contributed by atoms with E-state index in [0.29, 0.717) is 18.7 Å². The van der Waals surface area contributed by atoms with E-state index in [1.165, 1.54) is 31.5 Å². The molecule has 2 aliphatic heterocycles. The van der Waals surface area contributed by atoms with Crippen molar-refractivity contribution in [2.24, 2.45) is 5.92 Å². The zero-order valence-electron chi connectivity index (χ0n) is 18.7. The summed E-state index contributed by atoms with van der Waals surface area (Å²) in [5, 5.41) is 3.12. The van der Waals surface area contributed by atoms with Crippen LogP contribution in [0.4, 0.5) is 0 Å². The third-order valence-electron chi connectivity index (χ3n) is 6.65. The van der Waals surface area contributed by atoms with Crippen LogP contribution in [-0.2, 0) is 11.3 Å². The molecule has 4 rings (SSSR count). The summed E-state index contributed by atoms with van der Waals surface area (Å²) in [6.07, 6.45) is 3.61. The fourth-order valence-electron chi connectivity index (χ4n) is 4.98. The molecule has 0 spiro atoms. The quantitative estimate of drug-likeness (QED) is 0.677. The van der Waals surface area contributed by atoms with Crippen molar-refractivity contribution in [3.8, 4) is 0 Å². The summed E-state index contributed by atoms with van der Waals surface area (Å²) in [7, 11) is 0. The molecule has 5 heteroatoms. The van der Waals surface area contributed by atoms with Crippen molar-refractivity contribution in [1.29, 1.82) is 0 Å². The fourth-order valence-corrected chi connectivity index (χ4v) is 4.98. The van der Waals surface area contributed by atoms with Gasteiger partial charge in [-0.3, -0.25) is 9.59 Å². The van der Waals surface area contributed by atoms with Crippen LogP contribution in [0.25, 0.3) is 0 Å². The number of nitrogens with zero attached hydrogens (tertiary/aromatic N) is 1. The van der Waals surface area contributed by atoms with Gasteiger partial charge in [0.25, 0.3) is 5.91 Å². The van der Waals surface area contributed by atoms with Crippen molar-refractivity contribution < 1.29 is 14.5 Å². The summed E-state index contributed by atoms with van der Waals surface area (Å²) in [4.78, 5) is 29.7. The highest BCUT2D eigenvalue weighted by molar-refractivity contribution is 6.04. The van der Waals surface area contributed by atoms with Crippen LogP contribution >= 0.6 is 0 Å². The number of fused-ring (bicyclic) bond motifs is 1. The molecule has 0 aromatic heterocycles. The first-order valence-corrected chi connectivity index (χ1v) is 11.6. The average molecular weight is 421 g/mol. The maximum absolute atomic E-state index is 13.2. The Hall–Kier alpha value is -2.66. The summed E-state index contributed by atoms with van der Waals surface area (Å²) in [5.41, 5.74) is 3.67. The van der Waals surface area contributed by atoms with Gasteiger partial charge in [-0.15, -0.1) is 0 Å². The minimum absolute atomic E-state index is 0.0666. The van der Waals surface area contributed by atoms with E-state index in [1.54, 1.807) is 9.80 Å². The van der Waals surface area contributed by atoms with Gasteiger partial charge in [0, 0.05) is 31.0 Å². The molecule has 5 nitrogen and oxygen atoms in total. The monoisotopic (exact) mass is 420 g/mol. The minimum atomic E-state index is -0.563. The van der Waals surface area contributed by atoms with Crippen LogP contribution in [0.2, 0.25) is 0 Å². The number of likely N-dealkylation sites (tertiary alicyclic amines) is 1. The number of rotatable bonds is 7. The first-order valence-electron chi connectivity index (χ1n) is 11.6. The van der Waals surface area contributed by atoms with Crippen LogP contribution in [0.1, 0.15) is 59.3 Å². The Bertz CT molecular complexity index is 925. The van der Waals surface area contributed by atoms with Crippen molar-refractivity contribution >= 4 is 11.8 Å². The van der Waals surface area contributed by atoms with Crippen LogP contribution in [-0.4, -0.2) is 42.9 Å². The Balaban J connectivity index is 1.41. The van der Waals surface area contributed by atoms with Gasteiger partial charge in [0.1, 0.15) is 6.04 Å². The molecule has 2 aliphatic rings. The number of hydrogen-bond acceptors (Lipinski definition) is 2. The van der Waals surface area contributed by atoms with Crippen molar-refractivity contribution in [2.75, 3.05) is 26.2 Å². The second-order valence-corrected chi connectivity index (χ2v) is 9.25. The van der Waals surface area contributed by atoms with Gasteiger partial charge < -0.3 is 15.1 Å². The molecule has 31 heavy (non-hydrogen) atoms. The van der Waals surface area contributed by atoms with E-state index in [4.69, 9.17) is 0 Å². The summed E-state index contributed by atoms with van der Waals surface area (Å²) >= 11 is 0. The molecule has 3 atom stereocenters. The maximum atomic E-state index is 13.2. The summed E-state index contributed by atoms with van der Waals surface area (Å²) < 4.78 is 0. The molecule has 2 aromatic rings. The highest BCUT2D eigenvalue weighted by Gasteiger charge is 2.40. The molecule has 2 amide bonds. The Morgan fingerprint density at radius 2 is 1.94 bits per heavy atom. The second kappa shape index (κ2) is 9.65. The first-order chi connectivity index (χ1) is 15.0. The largest absolute Gasteiger partial charge is 0.354 e. The molecule has 0 saturated carbocycles. The third-order valence-corrected chi connectivity index (χ3v) is 6.65. The predicted octanol–water partition coefficient (Wildman–Crippen LogP) is 2.51. The Kier molecular flexibility index (Phi) is 6.71. The molecule has 164 valence electrons. The zero-order chi connectivity index (χ0) is 21.8. The fraction of sp³-hybridized carbons (Fsp3) is 0.462. The molecule has 3 unspecified atom stereocenters. The number of aryl methyl sites for hydroxylation is 1. The van der Waals surface area contributed by atoms with E-state index in [9.17, 15) is 9.59 Å². The van der Waals surface area contributed by atoms with E-state index in [-0.39, 0.29) is 11.8 Å². The number of carbonyl (C=O) groups excluding carboxylic acids is 2. The van der Waals surface area contributed by atoms with Gasteiger partial charge in [-0.1, -0.05) is 55.0 Å². The molecule has 2 aromatic carbocycles. The van der Waals surface area contributed by atoms with Gasteiger partial charge in [-0.05, 0) is 37.0 Å². The molecule has 0 aliphatic carbocycles. The lowest BCUT2D eigenvalue weighted by molar-refractivity contribution is -0.908. The Morgan fingerprint density at radius 3 is 2.71 bits per heavy atom. The summed E-state index contributed by atoms with van der Waals surface area (Å²) in [5.74, 6) is 0.658. The molecule has 1 saturated heterocycles. The van der Waals surface area contributed by atoms with Crippen molar-refractivity contribution in [3.05, 3.63) is 70.8 Å². The molecule has 0 radical (unpaired) electrons. The molecule has 2 N–H and O–H groups in total. The second-order valence-electron chi connectivity index (χ2n) is 9.25. The maximum Gasteiger partial charge on any atom is 0.255 e. The normalized spacial score (nSPS) is 23.0. The van der Waals surface area contributed by atoms with Gasteiger partial charge >= 0.3 is 0 Å². The average Bonchev–Trinajstić information content (AvgIpc) is 3.05. The summed E-state index contributed by atoms with van der Waals surface area (Å²) in [6, 6.07) is 15.1. The van der Waals surface area contributed by atoms with E-state index in [1.807, 2.05) is 55.5 Å². The van der Waals surface area contributed by atoms with Gasteiger partial charge in [0.2, 0.25) is 5.91 Å². The number of hydrogen-bond donors (Lipinski definition) is 2. The molecule has 2 heterocycles. The number of piperidine rings is 1. The van der Waals surface area contributed by atoms with E-state index < -0.39 is 6.04 Å². The van der Waals surface area contributed by atoms with E-state index in [0.717, 1.165) is 30.0 Å². The molecular formula is C26H34N3O2+. The number of benzene rings is 2. The zero-order valence-corrected chi connectivity index (χ0v) is 18.7. The molecular weight excluding hydrogens is 386 g/mol. The molecule has 0 bridgehead atoms. The lowest BCUT2D eigenvalue weighted by Crippen LogP contribution is -3.13. The smallest absolute Gasteiger partial charge is 0.255 e. The van der Waals surface area contributed by atoms with Gasteiger partial charge in [0.05, 0.1) is 19.6 Å². The van der Waals surface area contributed by atoms with Gasteiger partial charge in [0.15, 0.2) is 0 Å². The van der Waals surface area contributed by atoms with Gasteiger partial charge in [-0.25, -0.2) is 0 Å². The topological polar surface area (TPSA) is 53.9 Å². The minimum Gasteiger partial charge on any atom is -0.354 e. The third kappa shape index (κ3) is 4.99. The van der Waals surface area contributed by atoms with Crippen molar-refractivity contribution in [2.45, 2.75) is 45.7 Å². The van der Waals surface area contributed by atoms with Crippen LogP contribution in [0.5, 0.6) is 0 Å². The van der Waals surface area contributed by atoms with Crippen LogP contribution in [0.15, 0.2) is 48.5 Å². The van der Waals surface area contributed by atoms with Crippen LogP contribution in [0.3, 0.4) is 0 Å². The Morgan fingerprint density at radius 1 is 1.16 bits per heavy atom. The van der Waals surface area contributed by atoms with E-state index >= 15 is 0 Å². The van der Waals surface area contributed by atoms with Crippen molar-refractivity contribution in [1.82, 2.24) is 10.2 Å².